The number of anilines is 1. The molecule has 0 saturated carbocycles. The standard InChI is InChI=1S/C25H26N2O7S/c1-15-21(25(30)33-5)16(2)26-22(15)23(28)17(3)34-24(29)18-11-13-20(14-12-18)35(31,32)27(4)19-9-7-6-8-10-19/h6-14,17,26H,1-5H3. The van der Waals surface area contributed by atoms with Crippen molar-refractivity contribution in [2.45, 2.75) is 31.8 Å². The molecule has 10 heteroatoms. The van der Waals surface area contributed by atoms with Gasteiger partial charge in [0.05, 0.1) is 34.5 Å². The number of aromatic amines is 1. The Morgan fingerprint density at radius 1 is 0.943 bits per heavy atom. The summed E-state index contributed by atoms with van der Waals surface area (Å²) in [6, 6.07) is 13.8. The fraction of sp³-hybridized carbons (Fsp3) is 0.240. The summed E-state index contributed by atoms with van der Waals surface area (Å²) in [7, 11) is -1.15. The summed E-state index contributed by atoms with van der Waals surface area (Å²) in [6.07, 6.45) is -1.16. The molecule has 0 amide bonds. The maximum Gasteiger partial charge on any atom is 0.339 e. The zero-order valence-corrected chi connectivity index (χ0v) is 20.8. The number of esters is 2. The number of aryl methyl sites for hydroxylation is 1. The number of hydrogen-bond donors (Lipinski definition) is 1. The number of nitrogens with one attached hydrogen (secondary N) is 1. The summed E-state index contributed by atoms with van der Waals surface area (Å²) in [5, 5.41) is 0. The molecule has 0 radical (unpaired) electrons. The highest BCUT2D eigenvalue weighted by atomic mass is 32.2. The lowest BCUT2D eigenvalue weighted by Gasteiger charge is -2.19. The van der Waals surface area contributed by atoms with Crippen molar-refractivity contribution in [3.63, 3.8) is 0 Å². The fourth-order valence-corrected chi connectivity index (χ4v) is 4.78. The van der Waals surface area contributed by atoms with Crippen molar-refractivity contribution in [2.24, 2.45) is 0 Å². The fourth-order valence-electron chi connectivity index (χ4n) is 3.59. The lowest BCUT2D eigenvalue weighted by atomic mass is 10.1. The van der Waals surface area contributed by atoms with Gasteiger partial charge in [-0.05, 0) is 62.7 Å². The molecular weight excluding hydrogens is 472 g/mol. The maximum atomic E-state index is 12.9. The summed E-state index contributed by atoms with van der Waals surface area (Å²) in [5.41, 5.74) is 1.85. The van der Waals surface area contributed by atoms with Crippen LogP contribution < -0.4 is 4.31 Å². The first-order valence-corrected chi connectivity index (χ1v) is 12.1. The van der Waals surface area contributed by atoms with Crippen molar-refractivity contribution < 1.29 is 32.3 Å². The third kappa shape index (κ3) is 5.12. The SMILES string of the molecule is COC(=O)c1c(C)[nH]c(C(=O)C(C)OC(=O)c2ccc(S(=O)(=O)N(C)c3ccccc3)cc2)c1C. The Bertz CT molecular complexity index is 1360. The molecule has 184 valence electrons. The van der Waals surface area contributed by atoms with Gasteiger partial charge in [-0.3, -0.25) is 9.10 Å². The molecule has 0 saturated heterocycles. The summed E-state index contributed by atoms with van der Waals surface area (Å²) >= 11 is 0. The lowest BCUT2D eigenvalue weighted by Crippen LogP contribution is -2.27. The van der Waals surface area contributed by atoms with Crippen molar-refractivity contribution in [3.8, 4) is 0 Å². The molecule has 0 aliphatic heterocycles. The maximum absolute atomic E-state index is 12.9. The van der Waals surface area contributed by atoms with Gasteiger partial charge < -0.3 is 14.5 Å². The predicted octanol–water partition coefficient (Wildman–Crippen LogP) is 3.67. The Morgan fingerprint density at radius 3 is 2.11 bits per heavy atom. The zero-order valence-electron chi connectivity index (χ0n) is 20.0. The van der Waals surface area contributed by atoms with Crippen LogP contribution in [0, 0.1) is 13.8 Å². The lowest BCUT2D eigenvalue weighted by molar-refractivity contribution is 0.0316. The molecular formula is C25H26N2O7S. The van der Waals surface area contributed by atoms with Crippen LogP contribution in [0.5, 0.6) is 0 Å². The van der Waals surface area contributed by atoms with Crippen molar-refractivity contribution in [3.05, 3.63) is 82.7 Å². The molecule has 0 bridgehead atoms. The Hall–Kier alpha value is -3.92. The number of rotatable bonds is 8. The number of methoxy groups -OCH3 is 1. The minimum absolute atomic E-state index is 0.00245. The highest BCUT2D eigenvalue weighted by molar-refractivity contribution is 7.92. The van der Waals surface area contributed by atoms with Gasteiger partial charge in [0.25, 0.3) is 10.0 Å². The van der Waals surface area contributed by atoms with Crippen LogP contribution >= 0.6 is 0 Å². The monoisotopic (exact) mass is 498 g/mol. The summed E-state index contributed by atoms with van der Waals surface area (Å²) < 4.78 is 37.0. The topological polar surface area (TPSA) is 123 Å². The average Bonchev–Trinajstić information content (AvgIpc) is 3.16. The Balaban J connectivity index is 1.74. The molecule has 3 rings (SSSR count). The van der Waals surface area contributed by atoms with Crippen LogP contribution in [-0.2, 0) is 19.5 Å². The second-order valence-electron chi connectivity index (χ2n) is 7.86. The minimum Gasteiger partial charge on any atom is -0.465 e. The van der Waals surface area contributed by atoms with E-state index in [9.17, 15) is 22.8 Å². The molecule has 1 N–H and O–H groups in total. The largest absolute Gasteiger partial charge is 0.465 e. The normalized spacial score (nSPS) is 12.0. The number of Topliss-reactive ketones (excluding diaryl/α,β-unsaturated/α-hetero) is 1. The van der Waals surface area contributed by atoms with Gasteiger partial charge in [0.1, 0.15) is 0 Å². The number of aromatic nitrogens is 1. The van der Waals surface area contributed by atoms with Crippen LogP contribution in [0.4, 0.5) is 5.69 Å². The van der Waals surface area contributed by atoms with Gasteiger partial charge in [0.2, 0.25) is 5.78 Å². The van der Waals surface area contributed by atoms with E-state index in [4.69, 9.17) is 9.47 Å². The molecule has 0 spiro atoms. The van der Waals surface area contributed by atoms with Crippen molar-refractivity contribution >= 4 is 33.4 Å². The second kappa shape index (κ2) is 10.1. The van der Waals surface area contributed by atoms with Crippen molar-refractivity contribution in [1.82, 2.24) is 4.98 Å². The third-order valence-electron chi connectivity index (χ3n) is 5.59. The van der Waals surface area contributed by atoms with E-state index < -0.39 is 33.8 Å². The zero-order chi connectivity index (χ0) is 25.9. The van der Waals surface area contributed by atoms with E-state index in [0.29, 0.717) is 16.9 Å². The number of para-hydroxylation sites is 1. The number of benzene rings is 2. The van der Waals surface area contributed by atoms with Gasteiger partial charge in [-0.25, -0.2) is 18.0 Å². The molecule has 0 aliphatic rings. The third-order valence-corrected chi connectivity index (χ3v) is 7.39. The molecule has 0 fully saturated rings. The van der Waals surface area contributed by atoms with Crippen LogP contribution in [0.3, 0.4) is 0 Å². The summed E-state index contributed by atoms with van der Waals surface area (Å²) in [4.78, 5) is 40.3. The Morgan fingerprint density at radius 2 is 1.54 bits per heavy atom. The van der Waals surface area contributed by atoms with Gasteiger partial charge in [-0.2, -0.15) is 0 Å². The summed E-state index contributed by atoms with van der Waals surface area (Å²) in [6.45, 7) is 4.65. The minimum atomic E-state index is -3.84. The van der Waals surface area contributed by atoms with Crippen molar-refractivity contribution in [1.29, 1.82) is 0 Å². The van der Waals surface area contributed by atoms with E-state index in [0.717, 1.165) is 4.31 Å². The van der Waals surface area contributed by atoms with Gasteiger partial charge in [-0.15, -0.1) is 0 Å². The first-order chi connectivity index (χ1) is 16.5. The number of H-pyrrole nitrogens is 1. The van der Waals surface area contributed by atoms with Crippen LogP contribution in [0.1, 0.15) is 49.4 Å². The number of hydrogen-bond acceptors (Lipinski definition) is 7. The molecule has 2 aromatic carbocycles. The number of ketones is 1. The van der Waals surface area contributed by atoms with Crippen LogP contribution in [-0.4, -0.2) is 51.4 Å². The number of carbonyl (C=O) groups is 3. The van der Waals surface area contributed by atoms with Crippen LogP contribution in [0.25, 0.3) is 0 Å². The van der Waals surface area contributed by atoms with Gasteiger partial charge in [-0.1, -0.05) is 18.2 Å². The number of carbonyl (C=O) groups excluding carboxylic acids is 3. The second-order valence-corrected chi connectivity index (χ2v) is 9.83. The average molecular weight is 499 g/mol. The number of sulfonamides is 1. The number of ether oxygens (including phenoxy) is 2. The van der Waals surface area contributed by atoms with Gasteiger partial charge in [0.15, 0.2) is 6.10 Å². The molecule has 1 atom stereocenters. The molecule has 3 aromatic rings. The molecule has 1 heterocycles. The highest BCUT2D eigenvalue weighted by Crippen LogP contribution is 2.23. The molecule has 9 nitrogen and oxygen atoms in total. The van der Waals surface area contributed by atoms with Gasteiger partial charge >= 0.3 is 11.9 Å². The van der Waals surface area contributed by atoms with Crippen LogP contribution in [0.2, 0.25) is 0 Å². The van der Waals surface area contributed by atoms with Crippen molar-refractivity contribution in [2.75, 3.05) is 18.5 Å². The smallest absolute Gasteiger partial charge is 0.339 e. The van der Waals surface area contributed by atoms with Crippen LogP contribution in [0.15, 0.2) is 59.5 Å². The predicted molar refractivity (Wildman–Crippen MR) is 129 cm³/mol. The molecule has 0 aliphatic carbocycles. The quantitative estimate of drug-likeness (QED) is 0.371. The van der Waals surface area contributed by atoms with E-state index in [1.165, 1.54) is 45.3 Å². The van der Waals surface area contributed by atoms with E-state index in [1.807, 2.05) is 0 Å². The molecule has 1 aromatic heterocycles. The van der Waals surface area contributed by atoms with E-state index >= 15 is 0 Å². The first kappa shape index (κ1) is 25.7. The highest BCUT2D eigenvalue weighted by Gasteiger charge is 2.28. The molecule has 35 heavy (non-hydrogen) atoms. The first-order valence-electron chi connectivity index (χ1n) is 10.7. The Labute approximate surface area is 203 Å². The van der Waals surface area contributed by atoms with E-state index in [2.05, 4.69) is 4.98 Å². The van der Waals surface area contributed by atoms with E-state index in [-0.39, 0.29) is 21.7 Å². The number of nitrogens with zero attached hydrogens (tertiary/aromatic N) is 1. The Kier molecular flexibility index (Phi) is 7.45. The van der Waals surface area contributed by atoms with E-state index in [1.54, 1.807) is 44.2 Å². The van der Waals surface area contributed by atoms with Gasteiger partial charge in [0, 0.05) is 12.7 Å². The summed E-state index contributed by atoms with van der Waals surface area (Å²) in [5.74, 6) is -1.88. The molecule has 1 unspecified atom stereocenters.